The Balaban J connectivity index is 1.35. The molecule has 8 rings (SSSR count). The van der Waals surface area contributed by atoms with Crippen molar-refractivity contribution in [3.05, 3.63) is 132 Å². The van der Waals surface area contributed by atoms with E-state index in [2.05, 4.69) is 140 Å². The summed E-state index contributed by atoms with van der Waals surface area (Å²) in [6.45, 7) is 4.69. The van der Waals surface area contributed by atoms with Crippen LogP contribution in [0.4, 0.5) is 11.4 Å². The van der Waals surface area contributed by atoms with Crippen molar-refractivity contribution >= 4 is 53.7 Å². The number of benzene rings is 6. The molecular formula is C37H27NS. The molecule has 0 radical (unpaired) electrons. The van der Waals surface area contributed by atoms with Gasteiger partial charge in [0, 0.05) is 48.1 Å². The predicted octanol–water partition coefficient (Wildman–Crippen LogP) is 10.9. The second-order valence-corrected chi connectivity index (χ2v) is 12.1. The average molecular weight is 518 g/mol. The van der Waals surface area contributed by atoms with Gasteiger partial charge >= 0.3 is 0 Å². The molecule has 0 fully saturated rings. The third-order valence-electron chi connectivity index (χ3n) is 8.44. The Kier molecular flexibility index (Phi) is 4.80. The lowest BCUT2D eigenvalue weighted by Gasteiger charge is -2.25. The molecule has 7 aromatic rings. The number of rotatable bonds is 3. The fourth-order valence-corrected chi connectivity index (χ4v) is 7.95. The van der Waals surface area contributed by atoms with E-state index in [1.807, 2.05) is 11.3 Å². The zero-order valence-corrected chi connectivity index (χ0v) is 22.8. The monoisotopic (exact) mass is 517 g/mol. The van der Waals surface area contributed by atoms with Crippen LogP contribution >= 0.6 is 11.3 Å². The van der Waals surface area contributed by atoms with Crippen molar-refractivity contribution in [1.82, 2.24) is 0 Å². The maximum absolute atomic E-state index is 3.91. The highest BCUT2D eigenvalue weighted by molar-refractivity contribution is 7.26. The minimum absolute atomic E-state index is 0.0772. The highest BCUT2D eigenvalue weighted by atomic mass is 32.1. The number of fused-ring (bicyclic) bond motifs is 8. The molecule has 1 heterocycles. The van der Waals surface area contributed by atoms with Crippen LogP contribution in [0.1, 0.15) is 25.0 Å². The van der Waals surface area contributed by atoms with Crippen molar-refractivity contribution in [2.24, 2.45) is 0 Å². The van der Waals surface area contributed by atoms with Gasteiger partial charge in [-0.2, -0.15) is 0 Å². The third kappa shape index (κ3) is 3.25. The van der Waals surface area contributed by atoms with Crippen LogP contribution in [0.5, 0.6) is 0 Å². The molecule has 1 aliphatic carbocycles. The fourth-order valence-electron chi connectivity index (χ4n) is 6.70. The van der Waals surface area contributed by atoms with Crippen LogP contribution in [0.3, 0.4) is 0 Å². The first kappa shape index (κ1) is 22.6. The van der Waals surface area contributed by atoms with Gasteiger partial charge in [-0.25, -0.2) is 0 Å². The normalized spacial score (nSPS) is 13.6. The summed E-state index contributed by atoms with van der Waals surface area (Å²) in [4.78, 5) is 0. The molecule has 0 amide bonds. The molecule has 6 aromatic carbocycles. The van der Waals surface area contributed by atoms with E-state index in [9.17, 15) is 0 Å². The summed E-state index contributed by atoms with van der Waals surface area (Å²) < 4.78 is 2.67. The summed E-state index contributed by atoms with van der Waals surface area (Å²) in [5, 5.41) is 9.20. The van der Waals surface area contributed by atoms with E-state index in [1.54, 1.807) is 0 Å². The van der Waals surface area contributed by atoms with Crippen molar-refractivity contribution < 1.29 is 0 Å². The topological polar surface area (TPSA) is 12.0 Å². The zero-order valence-electron chi connectivity index (χ0n) is 22.0. The largest absolute Gasteiger partial charge is 0.355 e. The van der Waals surface area contributed by atoms with Crippen LogP contribution in [0.2, 0.25) is 0 Å². The molecule has 0 bridgehead atoms. The van der Waals surface area contributed by atoms with Gasteiger partial charge in [0.2, 0.25) is 0 Å². The van der Waals surface area contributed by atoms with Crippen molar-refractivity contribution in [2.75, 3.05) is 5.32 Å². The van der Waals surface area contributed by atoms with Gasteiger partial charge in [0.25, 0.3) is 0 Å². The molecular weight excluding hydrogens is 490 g/mol. The quantitative estimate of drug-likeness (QED) is 0.246. The molecule has 0 spiro atoms. The van der Waals surface area contributed by atoms with Crippen molar-refractivity contribution in [1.29, 1.82) is 0 Å². The highest BCUT2D eigenvalue weighted by Gasteiger charge is 2.37. The Morgan fingerprint density at radius 2 is 1.23 bits per heavy atom. The number of anilines is 2. The Labute approximate surface area is 232 Å². The van der Waals surface area contributed by atoms with Gasteiger partial charge in [0.05, 0.1) is 0 Å². The highest BCUT2D eigenvalue weighted by Crippen LogP contribution is 2.52. The van der Waals surface area contributed by atoms with Gasteiger partial charge in [0.15, 0.2) is 0 Å². The Morgan fingerprint density at radius 3 is 2.13 bits per heavy atom. The fraction of sp³-hybridized carbons (Fsp3) is 0.0811. The number of nitrogens with one attached hydrogen (secondary N) is 1. The summed E-state index contributed by atoms with van der Waals surface area (Å²) in [5.74, 6) is 0. The maximum Gasteiger partial charge on any atom is 0.0464 e. The number of thiophene rings is 1. The van der Waals surface area contributed by atoms with Crippen LogP contribution in [-0.4, -0.2) is 0 Å². The molecule has 0 atom stereocenters. The van der Waals surface area contributed by atoms with Crippen LogP contribution in [0, 0.1) is 0 Å². The van der Waals surface area contributed by atoms with Gasteiger partial charge < -0.3 is 5.32 Å². The molecule has 1 nitrogen and oxygen atoms in total. The molecule has 0 saturated heterocycles. The number of hydrogen-bond donors (Lipinski definition) is 1. The van der Waals surface area contributed by atoms with E-state index in [4.69, 9.17) is 0 Å². The molecule has 39 heavy (non-hydrogen) atoms. The molecule has 0 aliphatic heterocycles. The van der Waals surface area contributed by atoms with Crippen LogP contribution in [-0.2, 0) is 5.41 Å². The van der Waals surface area contributed by atoms with E-state index in [0.717, 1.165) is 5.69 Å². The summed E-state index contributed by atoms with van der Waals surface area (Å²) in [6.07, 6.45) is 0. The van der Waals surface area contributed by atoms with E-state index in [0.29, 0.717) is 0 Å². The van der Waals surface area contributed by atoms with Crippen LogP contribution in [0.15, 0.2) is 121 Å². The lowest BCUT2D eigenvalue weighted by molar-refractivity contribution is 0.662. The van der Waals surface area contributed by atoms with Crippen molar-refractivity contribution in [3.63, 3.8) is 0 Å². The zero-order chi connectivity index (χ0) is 26.1. The SMILES string of the molecule is CC1(C)c2ccccc2-c2cccc(Nc3ccccc3-c3cc4ccccc4c4c3sc3ccccc34)c21. The number of hydrogen-bond acceptors (Lipinski definition) is 2. The Bertz CT molecular complexity index is 2080. The third-order valence-corrected chi connectivity index (χ3v) is 9.64. The first-order chi connectivity index (χ1) is 19.1. The minimum atomic E-state index is -0.0772. The Hall–Kier alpha value is -4.40. The molecule has 1 aliphatic rings. The molecule has 2 heteroatoms. The summed E-state index contributed by atoms with van der Waals surface area (Å²) in [5.41, 5.74) is 10.2. The second-order valence-electron chi connectivity index (χ2n) is 11.0. The molecule has 0 saturated carbocycles. The average Bonchev–Trinajstić information content (AvgIpc) is 3.47. The van der Waals surface area contributed by atoms with Crippen LogP contribution < -0.4 is 5.32 Å². The van der Waals surface area contributed by atoms with Gasteiger partial charge in [-0.05, 0) is 57.3 Å². The summed E-state index contributed by atoms with van der Waals surface area (Å²) >= 11 is 1.90. The predicted molar refractivity (Wildman–Crippen MR) is 170 cm³/mol. The first-order valence-electron chi connectivity index (χ1n) is 13.5. The van der Waals surface area contributed by atoms with Gasteiger partial charge in [-0.3, -0.25) is 0 Å². The standard InChI is InChI=1S/C37H27NS/c1-37(2)30-18-8-5-14-25(30)27-17-11-20-32(35(27)37)38-31-19-9-6-15-26(31)29-22-23-12-3-4-13-24(23)34-28-16-7-10-21-33(28)39-36(29)34/h3-22,38H,1-2H3. The molecule has 0 unspecified atom stereocenters. The van der Waals surface area contributed by atoms with Crippen LogP contribution in [0.25, 0.3) is 53.2 Å². The van der Waals surface area contributed by atoms with E-state index < -0.39 is 0 Å². The second kappa shape index (κ2) is 8.30. The molecule has 186 valence electrons. The minimum Gasteiger partial charge on any atom is -0.355 e. The molecule has 1 N–H and O–H groups in total. The van der Waals surface area contributed by atoms with E-state index in [1.165, 1.54) is 70.0 Å². The van der Waals surface area contributed by atoms with E-state index in [-0.39, 0.29) is 5.41 Å². The van der Waals surface area contributed by atoms with Gasteiger partial charge in [0.1, 0.15) is 0 Å². The van der Waals surface area contributed by atoms with Gasteiger partial charge in [-0.1, -0.05) is 111 Å². The maximum atomic E-state index is 3.91. The number of para-hydroxylation sites is 1. The lowest BCUT2D eigenvalue weighted by atomic mass is 9.81. The summed E-state index contributed by atoms with van der Waals surface area (Å²) in [7, 11) is 0. The molecule has 1 aromatic heterocycles. The van der Waals surface area contributed by atoms with Gasteiger partial charge in [-0.15, -0.1) is 11.3 Å². The Morgan fingerprint density at radius 1 is 0.564 bits per heavy atom. The lowest BCUT2D eigenvalue weighted by Crippen LogP contribution is -2.16. The van der Waals surface area contributed by atoms with Crippen molar-refractivity contribution in [3.8, 4) is 22.3 Å². The first-order valence-corrected chi connectivity index (χ1v) is 14.4. The summed E-state index contributed by atoms with van der Waals surface area (Å²) in [6, 6.07) is 44.3. The van der Waals surface area contributed by atoms with E-state index >= 15 is 0 Å². The van der Waals surface area contributed by atoms with Crippen molar-refractivity contribution in [2.45, 2.75) is 19.3 Å². The smallest absolute Gasteiger partial charge is 0.0464 e.